The van der Waals surface area contributed by atoms with Gasteiger partial charge in [0, 0.05) is 47.7 Å². The van der Waals surface area contributed by atoms with Gasteiger partial charge in [0.05, 0.1) is 13.7 Å². The van der Waals surface area contributed by atoms with Gasteiger partial charge in [0.1, 0.15) is 10.6 Å². The molecule has 3 aromatic carbocycles. The number of carbonyl (C=O) groups excluding carboxylic acids is 1. The summed E-state index contributed by atoms with van der Waals surface area (Å²) in [5.41, 5.74) is 3.24. The quantitative estimate of drug-likeness (QED) is 0.353. The number of ether oxygens (including phenoxy) is 2. The second-order valence-corrected chi connectivity index (χ2v) is 9.72. The number of nitrogens with one attached hydrogen (secondary N) is 2. The van der Waals surface area contributed by atoms with Crippen LogP contribution in [0.2, 0.25) is 0 Å². The highest BCUT2D eigenvalue weighted by Gasteiger charge is 2.22. The third kappa shape index (κ3) is 5.47. The van der Waals surface area contributed by atoms with Gasteiger partial charge in [-0.3, -0.25) is 9.52 Å². The van der Waals surface area contributed by atoms with Crippen LogP contribution >= 0.6 is 0 Å². The van der Waals surface area contributed by atoms with Gasteiger partial charge in [-0.1, -0.05) is 17.7 Å². The lowest BCUT2D eigenvalue weighted by molar-refractivity contribution is 0.102. The number of aromatic nitrogens is 1. The zero-order valence-corrected chi connectivity index (χ0v) is 20.6. The van der Waals surface area contributed by atoms with Gasteiger partial charge in [0.25, 0.3) is 15.9 Å². The van der Waals surface area contributed by atoms with Crippen molar-refractivity contribution in [2.24, 2.45) is 0 Å². The molecule has 4 rings (SSSR count). The average Bonchev–Trinajstić information content (AvgIpc) is 3.25. The van der Waals surface area contributed by atoms with Crippen molar-refractivity contribution in [1.82, 2.24) is 4.57 Å². The third-order valence-corrected chi connectivity index (χ3v) is 6.99. The molecule has 2 N–H and O–H groups in total. The standard InChI is InChI=1S/C26H27N3O5S/c1-18-4-7-21(8-5-18)28-35(31,32)25-17-20(6-11-24(25)34-3)26(30)27-22-9-10-23-19(16-22)12-13-29(23)14-15-33-2/h4-13,16-17,28H,14-15H2,1-3H3,(H,27,30). The van der Waals surface area contributed by atoms with E-state index in [0.29, 0.717) is 18.0 Å². The monoisotopic (exact) mass is 493 g/mol. The maximum Gasteiger partial charge on any atom is 0.265 e. The van der Waals surface area contributed by atoms with Gasteiger partial charge in [-0.25, -0.2) is 8.42 Å². The van der Waals surface area contributed by atoms with Crippen LogP contribution in [0.25, 0.3) is 10.9 Å². The molecule has 0 atom stereocenters. The molecule has 1 aromatic heterocycles. The van der Waals surface area contributed by atoms with E-state index in [1.807, 2.05) is 49.5 Å². The highest BCUT2D eigenvalue weighted by Crippen LogP contribution is 2.28. The normalized spacial score (nSPS) is 11.4. The van der Waals surface area contributed by atoms with E-state index < -0.39 is 15.9 Å². The van der Waals surface area contributed by atoms with Crippen LogP contribution in [0.3, 0.4) is 0 Å². The number of aryl methyl sites for hydroxylation is 1. The number of methoxy groups -OCH3 is 2. The molecule has 0 saturated heterocycles. The van der Waals surface area contributed by atoms with Crippen molar-refractivity contribution in [2.75, 3.05) is 30.9 Å². The van der Waals surface area contributed by atoms with Crippen LogP contribution in [-0.2, 0) is 21.3 Å². The zero-order chi connectivity index (χ0) is 25.0. The number of benzene rings is 3. The summed E-state index contributed by atoms with van der Waals surface area (Å²) in [6.07, 6.45) is 1.97. The van der Waals surface area contributed by atoms with Crippen LogP contribution in [0.4, 0.5) is 11.4 Å². The fourth-order valence-electron chi connectivity index (χ4n) is 3.73. The molecule has 1 heterocycles. The van der Waals surface area contributed by atoms with E-state index in [0.717, 1.165) is 23.0 Å². The summed E-state index contributed by atoms with van der Waals surface area (Å²) >= 11 is 0. The van der Waals surface area contributed by atoms with Gasteiger partial charge >= 0.3 is 0 Å². The van der Waals surface area contributed by atoms with Gasteiger partial charge in [-0.2, -0.15) is 0 Å². The number of amides is 1. The minimum absolute atomic E-state index is 0.126. The van der Waals surface area contributed by atoms with Crippen molar-refractivity contribution in [3.63, 3.8) is 0 Å². The molecule has 0 saturated carbocycles. The van der Waals surface area contributed by atoms with Crippen LogP contribution in [0.1, 0.15) is 15.9 Å². The van der Waals surface area contributed by atoms with Crippen LogP contribution in [-0.4, -0.2) is 39.7 Å². The first kappa shape index (κ1) is 24.3. The Bertz CT molecular complexity index is 1460. The second kappa shape index (κ2) is 10.2. The molecule has 35 heavy (non-hydrogen) atoms. The maximum atomic E-state index is 13.1. The van der Waals surface area contributed by atoms with Gasteiger partial charge in [0.2, 0.25) is 0 Å². The topological polar surface area (TPSA) is 98.7 Å². The maximum absolute atomic E-state index is 13.1. The fourth-order valence-corrected chi connectivity index (χ4v) is 4.98. The summed E-state index contributed by atoms with van der Waals surface area (Å²) in [7, 11) is -0.956. The Balaban J connectivity index is 1.57. The third-order valence-electron chi connectivity index (χ3n) is 5.58. The number of nitrogens with zero attached hydrogens (tertiary/aromatic N) is 1. The molecular formula is C26H27N3O5S. The number of sulfonamides is 1. The van der Waals surface area contributed by atoms with E-state index in [1.165, 1.54) is 25.3 Å². The number of carbonyl (C=O) groups is 1. The lowest BCUT2D eigenvalue weighted by atomic mass is 10.2. The Morgan fingerprint density at radius 1 is 0.943 bits per heavy atom. The first-order valence-corrected chi connectivity index (χ1v) is 12.5. The van der Waals surface area contributed by atoms with Crippen molar-refractivity contribution in [3.8, 4) is 5.75 Å². The Morgan fingerprint density at radius 2 is 1.69 bits per heavy atom. The van der Waals surface area contributed by atoms with Crippen LogP contribution < -0.4 is 14.8 Å². The minimum atomic E-state index is -4.00. The first-order chi connectivity index (χ1) is 16.8. The summed E-state index contributed by atoms with van der Waals surface area (Å²) in [6.45, 7) is 3.24. The second-order valence-electron chi connectivity index (χ2n) is 8.07. The van der Waals surface area contributed by atoms with Crippen LogP contribution in [0.5, 0.6) is 5.75 Å². The van der Waals surface area contributed by atoms with Crippen molar-refractivity contribution in [1.29, 1.82) is 0 Å². The molecule has 0 bridgehead atoms. The lowest BCUT2D eigenvalue weighted by Crippen LogP contribution is -2.17. The van der Waals surface area contributed by atoms with E-state index in [9.17, 15) is 13.2 Å². The molecule has 1 amide bonds. The van der Waals surface area contributed by atoms with Crippen molar-refractivity contribution < 1.29 is 22.7 Å². The smallest absolute Gasteiger partial charge is 0.265 e. The Labute approximate surface area is 204 Å². The fraction of sp³-hybridized carbons (Fsp3) is 0.192. The van der Waals surface area contributed by atoms with Crippen molar-refractivity contribution >= 4 is 38.2 Å². The molecule has 0 aliphatic carbocycles. The number of hydrogen-bond donors (Lipinski definition) is 2. The van der Waals surface area contributed by atoms with Gasteiger partial charge in [-0.15, -0.1) is 0 Å². The van der Waals surface area contributed by atoms with E-state index in [1.54, 1.807) is 19.2 Å². The summed E-state index contributed by atoms with van der Waals surface area (Å²) in [5, 5.41) is 3.82. The molecule has 0 aliphatic heterocycles. The molecule has 0 fully saturated rings. The highest BCUT2D eigenvalue weighted by atomic mass is 32.2. The number of hydrogen-bond acceptors (Lipinski definition) is 5. The average molecular weight is 494 g/mol. The largest absolute Gasteiger partial charge is 0.495 e. The van der Waals surface area contributed by atoms with E-state index in [2.05, 4.69) is 14.6 Å². The SMILES string of the molecule is COCCn1ccc2cc(NC(=O)c3ccc(OC)c(S(=O)(=O)Nc4ccc(C)cc4)c3)ccc21. The predicted molar refractivity (Wildman–Crippen MR) is 137 cm³/mol. The minimum Gasteiger partial charge on any atom is -0.495 e. The molecule has 8 nitrogen and oxygen atoms in total. The van der Waals surface area contributed by atoms with Crippen LogP contribution in [0.15, 0.2) is 77.8 Å². The molecule has 0 unspecified atom stereocenters. The van der Waals surface area contributed by atoms with Gasteiger partial charge in [-0.05, 0) is 61.5 Å². The van der Waals surface area contributed by atoms with Crippen molar-refractivity contribution in [2.45, 2.75) is 18.4 Å². The van der Waals surface area contributed by atoms with E-state index in [4.69, 9.17) is 9.47 Å². The van der Waals surface area contributed by atoms with Crippen LogP contribution in [0, 0.1) is 6.92 Å². The summed E-state index contributed by atoms with van der Waals surface area (Å²) in [6, 6.07) is 18.8. The van der Waals surface area contributed by atoms with E-state index in [-0.39, 0.29) is 16.2 Å². The summed E-state index contributed by atoms with van der Waals surface area (Å²) in [4.78, 5) is 12.9. The molecule has 0 aliphatic rings. The Hall–Kier alpha value is -3.82. The number of fused-ring (bicyclic) bond motifs is 1. The molecule has 0 radical (unpaired) electrons. The molecule has 0 spiro atoms. The lowest BCUT2D eigenvalue weighted by Gasteiger charge is -2.13. The predicted octanol–water partition coefficient (Wildman–Crippen LogP) is 4.66. The number of anilines is 2. The highest BCUT2D eigenvalue weighted by molar-refractivity contribution is 7.92. The van der Waals surface area contributed by atoms with Gasteiger partial charge < -0.3 is 19.4 Å². The Kier molecular flexibility index (Phi) is 7.09. The molecule has 9 heteroatoms. The van der Waals surface area contributed by atoms with Gasteiger partial charge in [0.15, 0.2) is 0 Å². The Morgan fingerprint density at radius 3 is 2.40 bits per heavy atom. The summed E-state index contributed by atoms with van der Waals surface area (Å²) < 4.78 is 41.2. The van der Waals surface area contributed by atoms with Crippen molar-refractivity contribution in [3.05, 3.63) is 84.1 Å². The number of rotatable bonds is 9. The van der Waals surface area contributed by atoms with E-state index >= 15 is 0 Å². The zero-order valence-electron chi connectivity index (χ0n) is 19.7. The first-order valence-electron chi connectivity index (χ1n) is 11.0. The molecule has 4 aromatic rings. The summed E-state index contributed by atoms with van der Waals surface area (Å²) in [5.74, 6) is -0.294. The molecular weight excluding hydrogens is 466 g/mol. The molecule has 182 valence electrons.